The van der Waals surface area contributed by atoms with Crippen LogP contribution in [0.3, 0.4) is 0 Å². The summed E-state index contributed by atoms with van der Waals surface area (Å²) in [5, 5.41) is 3.81. The molecular formula is C18H26BrN3. The van der Waals surface area contributed by atoms with Crippen molar-refractivity contribution in [3.05, 3.63) is 28.5 Å². The van der Waals surface area contributed by atoms with E-state index in [9.17, 15) is 0 Å². The Labute approximate surface area is 141 Å². The fourth-order valence-electron chi connectivity index (χ4n) is 3.38. The summed E-state index contributed by atoms with van der Waals surface area (Å²) >= 11 is 3.59. The lowest BCUT2D eigenvalue weighted by atomic mass is 9.95. The van der Waals surface area contributed by atoms with Gasteiger partial charge in [0.15, 0.2) is 0 Å². The Kier molecular flexibility index (Phi) is 5.40. The largest absolute Gasteiger partial charge is 0.367 e. The van der Waals surface area contributed by atoms with Gasteiger partial charge in [-0.3, -0.25) is 4.40 Å². The molecule has 1 saturated carbocycles. The molecular weight excluding hydrogens is 338 g/mol. The Balaban J connectivity index is 1.88. The monoisotopic (exact) mass is 363 g/mol. The minimum atomic E-state index is 0.609. The molecule has 3 nitrogen and oxygen atoms in total. The molecule has 0 unspecified atom stereocenters. The number of fused-ring (bicyclic) bond motifs is 1. The van der Waals surface area contributed by atoms with E-state index in [1.165, 1.54) is 62.9 Å². The van der Waals surface area contributed by atoms with E-state index >= 15 is 0 Å². The smallest absolute Gasteiger partial charge is 0.138 e. The number of aromatic nitrogens is 2. The van der Waals surface area contributed by atoms with Gasteiger partial charge in [0.25, 0.3) is 0 Å². The van der Waals surface area contributed by atoms with Crippen LogP contribution in [0.5, 0.6) is 0 Å². The molecule has 1 fully saturated rings. The van der Waals surface area contributed by atoms with Crippen LogP contribution in [0.1, 0.15) is 64.0 Å². The molecule has 1 aliphatic carbocycles. The highest BCUT2D eigenvalue weighted by Crippen LogP contribution is 2.27. The molecule has 2 aromatic rings. The lowest BCUT2D eigenvalue weighted by molar-refractivity contribution is 0.461. The fourth-order valence-corrected chi connectivity index (χ4v) is 3.71. The van der Waals surface area contributed by atoms with Gasteiger partial charge in [0, 0.05) is 16.7 Å². The zero-order valence-electron chi connectivity index (χ0n) is 13.4. The van der Waals surface area contributed by atoms with Crippen molar-refractivity contribution in [1.29, 1.82) is 0 Å². The van der Waals surface area contributed by atoms with Crippen molar-refractivity contribution >= 4 is 27.4 Å². The third kappa shape index (κ3) is 3.65. The molecule has 0 radical (unpaired) electrons. The van der Waals surface area contributed by atoms with Crippen LogP contribution in [-0.4, -0.2) is 15.4 Å². The van der Waals surface area contributed by atoms with Crippen molar-refractivity contribution in [1.82, 2.24) is 9.38 Å². The van der Waals surface area contributed by atoms with E-state index in [0.717, 1.165) is 16.5 Å². The number of pyridine rings is 1. The quantitative estimate of drug-likeness (QED) is 0.679. The fraction of sp³-hybridized carbons (Fsp3) is 0.611. The van der Waals surface area contributed by atoms with Crippen LogP contribution in [0.4, 0.5) is 5.82 Å². The van der Waals surface area contributed by atoms with E-state index in [4.69, 9.17) is 4.98 Å². The summed E-state index contributed by atoms with van der Waals surface area (Å²) in [4.78, 5) is 4.87. The molecule has 0 bridgehead atoms. The van der Waals surface area contributed by atoms with Crippen molar-refractivity contribution in [2.45, 2.75) is 70.8 Å². The van der Waals surface area contributed by atoms with E-state index in [2.05, 4.69) is 50.9 Å². The van der Waals surface area contributed by atoms with Gasteiger partial charge in [0.05, 0.1) is 5.69 Å². The maximum atomic E-state index is 4.87. The summed E-state index contributed by atoms with van der Waals surface area (Å²) in [5.41, 5.74) is 2.28. The topological polar surface area (TPSA) is 29.3 Å². The highest BCUT2D eigenvalue weighted by molar-refractivity contribution is 9.10. The van der Waals surface area contributed by atoms with Gasteiger partial charge in [0.2, 0.25) is 0 Å². The number of anilines is 1. The van der Waals surface area contributed by atoms with Crippen LogP contribution in [0.2, 0.25) is 0 Å². The summed E-state index contributed by atoms with van der Waals surface area (Å²) in [5.74, 6) is 1.22. The lowest BCUT2D eigenvalue weighted by Crippen LogP contribution is -2.23. The second-order valence-corrected chi connectivity index (χ2v) is 7.33. The van der Waals surface area contributed by atoms with E-state index in [0.29, 0.717) is 6.04 Å². The Bertz CT molecular complexity index is 614. The van der Waals surface area contributed by atoms with Crippen molar-refractivity contribution in [3.8, 4) is 0 Å². The number of hydrogen-bond donors (Lipinski definition) is 1. The van der Waals surface area contributed by atoms with Gasteiger partial charge in [-0.15, -0.1) is 0 Å². The first-order valence-corrected chi connectivity index (χ1v) is 9.50. The first kappa shape index (κ1) is 15.9. The average Bonchev–Trinajstić information content (AvgIpc) is 2.86. The maximum Gasteiger partial charge on any atom is 0.138 e. The molecule has 2 aromatic heterocycles. The number of aryl methyl sites for hydroxylation is 1. The predicted molar refractivity (Wildman–Crippen MR) is 96.6 cm³/mol. The molecule has 1 N–H and O–H groups in total. The van der Waals surface area contributed by atoms with Crippen LogP contribution in [0.25, 0.3) is 5.65 Å². The number of hydrogen-bond acceptors (Lipinski definition) is 2. The van der Waals surface area contributed by atoms with Crippen molar-refractivity contribution in [2.75, 3.05) is 5.32 Å². The van der Waals surface area contributed by atoms with E-state index in [1.807, 2.05) is 0 Å². The molecule has 0 amide bonds. The Morgan fingerprint density at radius 1 is 1.23 bits per heavy atom. The highest BCUT2D eigenvalue weighted by atomic mass is 79.9. The third-order valence-electron chi connectivity index (χ3n) is 4.62. The zero-order chi connectivity index (χ0) is 15.4. The number of imidazole rings is 1. The molecule has 0 atom stereocenters. The molecule has 1 aliphatic rings. The van der Waals surface area contributed by atoms with Crippen molar-refractivity contribution in [3.63, 3.8) is 0 Å². The summed E-state index contributed by atoms with van der Waals surface area (Å²) in [6.45, 7) is 2.25. The Morgan fingerprint density at radius 2 is 2.05 bits per heavy atom. The minimum absolute atomic E-state index is 0.609. The van der Waals surface area contributed by atoms with Gasteiger partial charge in [-0.25, -0.2) is 4.98 Å². The van der Waals surface area contributed by atoms with Gasteiger partial charge >= 0.3 is 0 Å². The zero-order valence-corrected chi connectivity index (χ0v) is 15.0. The number of rotatable bonds is 6. The average molecular weight is 364 g/mol. The van der Waals surface area contributed by atoms with Crippen LogP contribution >= 0.6 is 15.9 Å². The first-order valence-electron chi connectivity index (χ1n) is 8.71. The molecule has 120 valence electrons. The SMILES string of the molecule is CCCCCc1nc2ccc(Br)cn2c1NC1CCCCC1. The molecule has 0 saturated heterocycles. The lowest BCUT2D eigenvalue weighted by Gasteiger charge is -2.24. The second-order valence-electron chi connectivity index (χ2n) is 6.42. The van der Waals surface area contributed by atoms with Crippen LogP contribution < -0.4 is 5.32 Å². The van der Waals surface area contributed by atoms with Gasteiger partial charge in [-0.05, 0) is 53.7 Å². The van der Waals surface area contributed by atoms with Crippen LogP contribution in [0.15, 0.2) is 22.8 Å². The minimum Gasteiger partial charge on any atom is -0.367 e. The van der Waals surface area contributed by atoms with Crippen LogP contribution in [-0.2, 0) is 6.42 Å². The summed E-state index contributed by atoms with van der Waals surface area (Å²) in [6.07, 6.45) is 13.6. The second kappa shape index (κ2) is 7.49. The van der Waals surface area contributed by atoms with Crippen LogP contribution in [0, 0.1) is 0 Å². The number of nitrogens with zero attached hydrogens (tertiary/aromatic N) is 2. The van der Waals surface area contributed by atoms with Gasteiger partial charge in [0.1, 0.15) is 11.5 Å². The standard InChI is InChI=1S/C18H26BrN3/c1-2-3-5-10-16-18(20-15-8-6-4-7-9-15)22-13-14(19)11-12-17(22)21-16/h11-13,15,20H,2-10H2,1H3. The molecule has 0 spiro atoms. The molecule has 4 heteroatoms. The number of halogens is 1. The molecule has 0 aromatic carbocycles. The Hall–Kier alpha value is -1.03. The number of nitrogens with one attached hydrogen (secondary N) is 1. The van der Waals surface area contributed by atoms with Gasteiger partial charge in [-0.2, -0.15) is 0 Å². The third-order valence-corrected chi connectivity index (χ3v) is 5.09. The maximum absolute atomic E-state index is 4.87. The molecule has 22 heavy (non-hydrogen) atoms. The highest BCUT2D eigenvalue weighted by Gasteiger charge is 2.18. The molecule has 2 heterocycles. The van der Waals surface area contributed by atoms with E-state index in [-0.39, 0.29) is 0 Å². The molecule has 0 aliphatic heterocycles. The van der Waals surface area contributed by atoms with E-state index < -0.39 is 0 Å². The first-order chi connectivity index (χ1) is 10.8. The van der Waals surface area contributed by atoms with Gasteiger partial charge < -0.3 is 5.32 Å². The summed E-state index contributed by atoms with van der Waals surface area (Å²) in [6, 6.07) is 4.78. The van der Waals surface area contributed by atoms with Crippen molar-refractivity contribution < 1.29 is 0 Å². The predicted octanol–water partition coefficient (Wildman–Crippen LogP) is 5.57. The van der Waals surface area contributed by atoms with E-state index in [1.54, 1.807) is 0 Å². The van der Waals surface area contributed by atoms with Gasteiger partial charge in [-0.1, -0.05) is 39.0 Å². The molecule has 3 rings (SSSR count). The summed E-state index contributed by atoms with van der Waals surface area (Å²) < 4.78 is 3.32. The number of unbranched alkanes of at least 4 members (excludes halogenated alkanes) is 2. The Morgan fingerprint density at radius 3 is 2.82 bits per heavy atom. The summed E-state index contributed by atoms with van der Waals surface area (Å²) in [7, 11) is 0. The van der Waals surface area contributed by atoms with Crippen molar-refractivity contribution in [2.24, 2.45) is 0 Å². The normalized spacial score (nSPS) is 16.3.